The fraction of sp³-hybridized carbons (Fsp3) is 0.0455. The van der Waals surface area contributed by atoms with Gasteiger partial charge in [-0.1, -0.05) is 23.7 Å². The number of furan rings is 1. The number of benzene rings is 2. The zero-order chi connectivity index (χ0) is 22.1. The summed E-state index contributed by atoms with van der Waals surface area (Å²) in [5, 5.41) is 0.797. The highest BCUT2D eigenvalue weighted by Gasteiger charge is 2.35. The molecule has 9 heteroatoms. The Morgan fingerprint density at radius 3 is 2.71 bits per heavy atom. The van der Waals surface area contributed by atoms with Crippen LogP contribution < -0.4 is 10.4 Å². The minimum absolute atomic E-state index is 0.162. The lowest BCUT2D eigenvalue weighted by Crippen LogP contribution is -2.35. The standard InChI is InChI=1S/C22H14ClFN2O5/c1-30-22(29)13-4-2-3-12(9-13)19-8-6-15(31-19)11-16-20(27)25-26(21(16)28)14-5-7-18(24)17(23)10-14/h2-11H,1H3,(H,25,27)/b16-11-. The number of carbonyl (C=O) groups is 3. The molecule has 7 nitrogen and oxygen atoms in total. The summed E-state index contributed by atoms with van der Waals surface area (Å²) in [7, 11) is 1.29. The Labute approximate surface area is 180 Å². The van der Waals surface area contributed by atoms with Crippen molar-refractivity contribution in [2.75, 3.05) is 12.1 Å². The van der Waals surface area contributed by atoms with Gasteiger partial charge < -0.3 is 9.15 Å². The van der Waals surface area contributed by atoms with E-state index in [1.165, 1.54) is 25.3 Å². The molecule has 3 aromatic rings. The van der Waals surface area contributed by atoms with Gasteiger partial charge in [0.2, 0.25) is 0 Å². The van der Waals surface area contributed by atoms with Crippen LogP contribution in [0.15, 0.2) is 64.6 Å². The molecule has 0 bridgehead atoms. The Kier molecular flexibility index (Phi) is 5.31. The SMILES string of the molecule is COC(=O)c1cccc(-c2ccc(/C=C3/C(=O)NN(c4ccc(F)c(Cl)c4)C3=O)o2)c1. The van der Waals surface area contributed by atoms with Crippen LogP contribution in [-0.2, 0) is 14.3 Å². The van der Waals surface area contributed by atoms with Crippen LogP contribution in [0.25, 0.3) is 17.4 Å². The van der Waals surface area contributed by atoms with Crippen LogP contribution in [0.1, 0.15) is 16.1 Å². The Balaban J connectivity index is 1.60. The third-order valence-electron chi connectivity index (χ3n) is 4.53. The molecule has 0 atom stereocenters. The molecular formula is C22H14ClFN2O5. The van der Waals surface area contributed by atoms with Gasteiger partial charge in [0.05, 0.1) is 23.4 Å². The Morgan fingerprint density at radius 2 is 1.97 bits per heavy atom. The van der Waals surface area contributed by atoms with E-state index in [1.54, 1.807) is 36.4 Å². The molecule has 1 aliphatic rings. The van der Waals surface area contributed by atoms with Gasteiger partial charge in [0.1, 0.15) is 22.9 Å². The number of esters is 1. The second-order valence-electron chi connectivity index (χ2n) is 6.51. The van der Waals surface area contributed by atoms with Crippen LogP contribution in [0.5, 0.6) is 0 Å². The molecule has 0 saturated carbocycles. The normalized spacial score (nSPS) is 14.8. The van der Waals surface area contributed by atoms with E-state index >= 15 is 0 Å². The monoisotopic (exact) mass is 440 g/mol. The average molecular weight is 441 g/mol. The van der Waals surface area contributed by atoms with Crippen LogP contribution in [0.3, 0.4) is 0 Å². The van der Waals surface area contributed by atoms with E-state index in [2.05, 4.69) is 5.43 Å². The van der Waals surface area contributed by atoms with Crippen molar-refractivity contribution >= 4 is 41.1 Å². The molecule has 156 valence electrons. The lowest BCUT2D eigenvalue weighted by atomic mass is 10.1. The molecule has 1 saturated heterocycles. The summed E-state index contributed by atoms with van der Waals surface area (Å²) in [5.74, 6) is -1.71. The number of hydrogen-bond acceptors (Lipinski definition) is 5. The summed E-state index contributed by atoms with van der Waals surface area (Å²) in [6.45, 7) is 0. The number of rotatable bonds is 4. The van der Waals surface area contributed by atoms with Crippen molar-refractivity contribution in [2.24, 2.45) is 0 Å². The Hall–Kier alpha value is -3.91. The lowest BCUT2D eigenvalue weighted by molar-refractivity contribution is -0.117. The minimum atomic E-state index is -0.643. The molecule has 1 aliphatic heterocycles. The maximum Gasteiger partial charge on any atom is 0.337 e. The number of methoxy groups -OCH3 is 1. The van der Waals surface area contributed by atoms with Gasteiger partial charge in [0.15, 0.2) is 0 Å². The number of nitrogens with zero attached hydrogens (tertiary/aromatic N) is 1. The van der Waals surface area contributed by atoms with Crippen LogP contribution in [0, 0.1) is 5.82 Å². The van der Waals surface area contributed by atoms with Crippen molar-refractivity contribution in [1.82, 2.24) is 5.43 Å². The van der Waals surface area contributed by atoms with Crippen molar-refractivity contribution < 1.29 is 27.9 Å². The lowest BCUT2D eigenvalue weighted by Gasteiger charge is -2.14. The number of amides is 2. The topological polar surface area (TPSA) is 88.9 Å². The molecule has 4 rings (SSSR count). The van der Waals surface area contributed by atoms with Crippen molar-refractivity contribution in [3.8, 4) is 11.3 Å². The molecule has 2 amide bonds. The van der Waals surface area contributed by atoms with Crippen molar-refractivity contribution in [3.05, 3.63) is 82.3 Å². The summed E-state index contributed by atoms with van der Waals surface area (Å²) in [5.41, 5.74) is 3.44. The molecule has 0 radical (unpaired) electrons. The first-order valence-corrected chi connectivity index (χ1v) is 9.36. The van der Waals surface area contributed by atoms with Gasteiger partial charge in [-0.25, -0.2) is 14.2 Å². The predicted octanol–water partition coefficient (Wildman–Crippen LogP) is 3.99. The van der Waals surface area contributed by atoms with E-state index in [1.807, 2.05) is 0 Å². The van der Waals surface area contributed by atoms with Gasteiger partial charge in [-0.3, -0.25) is 15.0 Å². The number of hydrogen-bond donors (Lipinski definition) is 1. The average Bonchev–Trinajstić information content (AvgIpc) is 3.35. The molecule has 0 unspecified atom stereocenters. The van der Waals surface area contributed by atoms with Gasteiger partial charge in [-0.2, -0.15) is 0 Å². The summed E-state index contributed by atoms with van der Waals surface area (Å²) in [6.07, 6.45) is 1.30. The van der Waals surface area contributed by atoms with Crippen LogP contribution in [-0.4, -0.2) is 24.9 Å². The largest absolute Gasteiger partial charge is 0.465 e. The minimum Gasteiger partial charge on any atom is -0.465 e. The Bertz CT molecular complexity index is 1250. The second kappa shape index (κ2) is 8.08. The summed E-state index contributed by atoms with van der Waals surface area (Å²) < 4.78 is 23.8. The second-order valence-corrected chi connectivity index (χ2v) is 6.92. The van der Waals surface area contributed by atoms with Gasteiger partial charge in [-0.05, 0) is 48.5 Å². The fourth-order valence-corrected chi connectivity index (χ4v) is 3.18. The zero-order valence-corrected chi connectivity index (χ0v) is 16.8. The highest BCUT2D eigenvalue weighted by atomic mass is 35.5. The smallest absolute Gasteiger partial charge is 0.337 e. The molecule has 0 spiro atoms. The van der Waals surface area contributed by atoms with Crippen LogP contribution >= 0.6 is 11.6 Å². The molecule has 2 heterocycles. The first-order valence-electron chi connectivity index (χ1n) is 8.98. The van der Waals surface area contributed by atoms with E-state index in [0.717, 1.165) is 11.1 Å². The third-order valence-corrected chi connectivity index (χ3v) is 4.82. The molecular weight excluding hydrogens is 427 g/mol. The zero-order valence-electron chi connectivity index (χ0n) is 16.0. The van der Waals surface area contributed by atoms with Crippen LogP contribution in [0.4, 0.5) is 10.1 Å². The van der Waals surface area contributed by atoms with Gasteiger partial charge in [0.25, 0.3) is 11.8 Å². The van der Waals surface area contributed by atoms with E-state index in [-0.39, 0.29) is 22.0 Å². The Morgan fingerprint density at radius 1 is 1.16 bits per heavy atom. The summed E-state index contributed by atoms with van der Waals surface area (Å²) in [4.78, 5) is 36.7. The van der Waals surface area contributed by atoms with E-state index in [9.17, 15) is 18.8 Å². The number of carbonyl (C=O) groups excluding carboxylic acids is 3. The number of halogens is 2. The van der Waals surface area contributed by atoms with Gasteiger partial charge >= 0.3 is 5.97 Å². The van der Waals surface area contributed by atoms with Crippen molar-refractivity contribution in [2.45, 2.75) is 0 Å². The van der Waals surface area contributed by atoms with Crippen LogP contribution in [0.2, 0.25) is 5.02 Å². The molecule has 2 aromatic carbocycles. The molecule has 1 N–H and O–H groups in total. The molecule has 1 aromatic heterocycles. The van der Waals surface area contributed by atoms with E-state index < -0.39 is 23.6 Å². The van der Waals surface area contributed by atoms with E-state index in [4.69, 9.17) is 20.8 Å². The maximum absolute atomic E-state index is 13.4. The summed E-state index contributed by atoms with van der Waals surface area (Å²) in [6, 6.07) is 13.5. The maximum atomic E-state index is 13.4. The quantitative estimate of drug-likeness (QED) is 0.376. The highest BCUT2D eigenvalue weighted by Crippen LogP contribution is 2.28. The summed E-state index contributed by atoms with van der Waals surface area (Å²) >= 11 is 5.76. The number of hydrazine groups is 1. The molecule has 1 fully saturated rings. The first kappa shape index (κ1) is 20.4. The third kappa shape index (κ3) is 3.93. The predicted molar refractivity (Wildman–Crippen MR) is 110 cm³/mol. The van der Waals surface area contributed by atoms with Gasteiger partial charge in [0, 0.05) is 5.56 Å². The first-order chi connectivity index (χ1) is 14.9. The van der Waals surface area contributed by atoms with Crippen molar-refractivity contribution in [3.63, 3.8) is 0 Å². The number of anilines is 1. The fourth-order valence-electron chi connectivity index (χ4n) is 3.01. The number of ether oxygens (including phenoxy) is 1. The highest BCUT2D eigenvalue weighted by molar-refractivity contribution is 6.33. The molecule has 31 heavy (non-hydrogen) atoms. The van der Waals surface area contributed by atoms with E-state index in [0.29, 0.717) is 16.9 Å². The van der Waals surface area contributed by atoms with Gasteiger partial charge in [-0.15, -0.1) is 0 Å². The number of nitrogens with one attached hydrogen (secondary N) is 1. The molecule has 0 aliphatic carbocycles. The van der Waals surface area contributed by atoms with Crippen molar-refractivity contribution in [1.29, 1.82) is 0 Å².